The number of aromatic nitrogens is 2. The lowest BCUT2D eigenvalue weighted by atomic mass is 10.0. The van der Waals surface area contributed by atoms with Crippen molar-refractivity contribution in [2.24, 2.45) is 5.10 Å². The van der Waals surface area contributed by atoms with Crippen LogP contribution in [0.2, 0.25) is 0 Å². The summed E-state index contributed by atoms with van der Waals surface area (Å²) in [4.78, 5) is 17.1. The molecule has 0 aliphatic rings. The average molecular weight is 305 g/mol. The first-order chi connectivity index (χ1) is 11.0. The number of benzene rings is 2. The Bertz CT molecular complexity index is 961. The van der Waals surface area contributed by atoms with Gasteiger partial charge in [0.15, 0.2) is 0 Å². The molecule has 23 heavy (non-hydrogen) atoms. The maximum Gasteiger partial charge on any atom is 0.282 e. The molecule has 0 radical (unpaired) electrons. The van der Waals surface area contributed by atoms with Crippen LogP contribution in [-0.4, -0.2) is 15.9 Å². The van der Waals surface area contributed by atoms with Gasteiger partial charge in [-0.05, 0) is 51.0 Å². The summed E-state index contributed by atoms with van der Waals surface area (Å²) < 4.78 is 1.36. The average Bonchev–Trinajstić information content (AvgIpc) is 2.49. The molecule has 2 aromatic carbocycles. The van der Waals surface area contributed by atoms with Gasteiger partial charge in [0.25, 0.3) is 5.56 Å². The Morgan fingerprint density at radius 2 is 1.70 bits per heavy atom. The first-order valence-corrected chi connectivity index (χ1v) is 7.58. The van der Waals surface area contributed by atoms with E-state index in [1.54, 1.807) is 19.2 Å². The van der Waals surface area contributed by atoms with Crippen molar-refractivity contribution >= 4 is 17.1 Å². The zero-order valence-corrected chi connectivity index (χ0v) is 13.8. The van der Waals surface area contributed by atoms with Crippen molar-refractivity contribution in [1.82, 2.24) is 9.66 Å². The maximum absolute atomic E-state index is 12.6. The largest absolute Gasteiger partial charge is 0.282 e. The molecule has 0 aliphatic heterocycles. The summed E-state index contributed by atoms with van der Waals surface area (Å²) >= 11 is 0. The Hall–Kier alpha value is -2.75. The molecular weight excluding hydrogens is 286 g/mol. The molecule has 3 aromatic rings. The second kappa shape index (κ2) is 5.80. The van der Waals surface area contributed by atoms with Crippen LogP contribution in [0.1, 0.15) is 28.1 Å². The molecule has 1 heterocycles. The van der Waals surface area contributed by atoms with E-state index in [2.05, 4.69) is 43.0 Å². The van der Waals surface area contributed by atoms with Gasteiger partial charge in [-0.15, -0.1) is 0 Å². The molecule has 0 fully saturated rings. The van der Waals surface area contributed by atoms with E-state index in [-0.39, 0.29) is 5.56 Å². The number of fused-ring (bicyclic) bond motifs is 1. The van der Waals surface area contributed by atoms with Crippen LogP contribution >= 0.6 is 0 Å². The molecule has 3 rings (SSSR count). The standard InChI is InChI=1S/C19H19N3O/c1-12-9-13(2)17(14(3)10-12)11-20-22-15(4)21-18-8-6-5-7-16(18)19(22)23/h5-11H,1-4H3. The summed E-state index contributed by atoms with van der Waals surface area (Å²) in [5.41, 5.74) is 5.10. The minimum atomic E-state index is -0.147. The first kappa shape index (κ1) is 15.2. The molecule has 4 nitrogen and oxygen atoms in total. The number of hydrogen-bond donors (Lipinski definition) is 0. The van der Waals surface area contributed by atoms with E-state index in [1.807, 2.05) is 18.2 Å². The molecule has 1 aromatic heterocycles. The Morgan fingerprint density at radius 3 is 2.39 bits per heavy atom. The van der Waals surface area contributed by atoms with Gasteiger partial charge in [-0.1, -0.05) is 29.8 Å². The quantitative estimate of drug-likeness (QED) is 0.680. The monoisotopic (exact) mass is 305 g/mol. The Morgan fingerprint density at radius 1 is 1.04 bits per heavy atom. The number of nitrogens with zero attached hydrogens (tertiary/aromatic N) is 3. The lowest BCUT2D eigenvalue weighted by Gasteiger charge is -2.08. The van der Waals surface area contributed by atoms with Gasteiger partial charge in [-0.3, -0.25) is 4.79 Å². The van der Waals surface area contributed by atoms with Gasteiger partial charge in [-0.25, -0.2) is 4.98 Å². The summed E-state index contributed by atoms with van der Waals surface area (Å²) in [6.45, 7) is 7.97. The van der Waals surface area contributed by atoms with E-state index >= 15 is 0 Å². The van der Waals surface area contributed by atoms with Crippen molar-refractivity contribution in [3.05, 3.63) is 74.8 Å². The smallest absolute Gasteiger partial charge is 0.267 e. The van der Waals surface area contributed by atoms with Crippen LogP contribution < -0.4 is 5.56 Å². The predicted molar refractivity (Wildman–Crippen MR) is 94.4 cm³/mol. The summed E-state index contributed by atoms with van der Waals surface area (Å²) in [7, 11) is 0. The highest BCUT2D eigenvalue weighted by molar-refractivity contribution is 5.84. The van der Waals surface area contributed by atoms with Crippen LogP contribution in [0.3, 0.4) is 0 Å². The summed E-state index contributed by atoms with van der Waals surface area (Å²) in [6.07, 6.45) is 1.74. The Labute approximate surface area is 135 Å². The highest BCUT2D eigenvalue weighted by Crippen LogP contribution is 2.14. The van der Waals surface area contributed by atoms with E-state index in [4.69, 9.17) is 0 Å². The van der Waals surface area contributed by atoms with Gasteiger partial charge < -0.3 is 0 Å². The third-order valence-electron chi connectivity index (χ3n) is 3.96. The molecule has 0 spiro atoms. The topological polar surface area (TPSA) is 47.2 Å². The third kappa shape index (κ3) is 2.80. The number of para-hydroxylation sites is 1. The van der Waals surface area contributed by atoms with Crippen LogP contribution in [0.5, 0.6) is 0 Å². The normalized spacial score (nSPS) is 11.5. The Balaban J connectivity index is 2.14. The van der Waals surface area contributed by atoms with E-state index < -0.39 is 0 Å². The molecule has 0 aliphatic carbocycles. The van der Waals surface area contributed by atoms with E-state index in [9.17, 15) is 4.79 Å². The lowest BCUT2D eigenvalue weighted by molar-refractivity contribution is 0.770. The molecule has 0 saturated carbocycles. The van der Waals surface area contributed by atoms with Crippen molar-refractivity contribution in [3.63, 3.8) is 0 Å². The second-order valence-electron chi connectivity index (χ2n) is 5.85. The summed E-state index contributed by atoms with van der Waals surface area (Å²) in [5, 5.41) is 4.97. The third-order valence-corrected chi connectivity index (χ3v) is 3.96. The fourth-order valence-electron chi connectivity index (χ4n) is 2.88. The fraction of sp³-hybridized carbons (Fsp3) is 0.211. The van der Waals surface area contributed by atoms with E-state index in [1.165, 1.54) is 10.2 Å². The molecule has 0 atom stereocenters. The van der Waals surface area contributed by atoms with Crippen molar-refractivity contribution in [3.8, 4) is 0 Å². The van der Waals surface area contributed by atoms with Crippen molar-refractivity contribution in [2.75, 3.05) is 0 Å². The van der Waals surface area contributed by atoms with Gasteiger partial charge in [0.2, 0.25) is 0 Å². The molecular formula is C19H19N3O. The van der Waals surface area contributed by atoms with Crippen LogP contribution in [0.15, 0.2) is 46.3 Å². The Kier molecular flexibility index (Phi) is 3.82. The minimum Gasteiger partial charge on any atom is -0.267 e. The summed E-state index contributed by atoms with van der Waals surface area (Å²) in [6, 6.07) is 11.6. The highest BCUT2D eigenvalue weighted by atomic mass is 16.1. The van der Waals surface area contributed by atoms with Crippen LogP contribution in [0.4, 0.5) is 0 Å². The molecule has 0 amide bonds. The maximum atomic E-state index is 12.6. The van der Waals surface area contributed by atoms with E-state index in [0.29, 0.717) is 16.7 Å². The van der Waals surface area contributed by atoms with Crippen LogP contribution in [0, 0.1) is 27.7 Å². The van der Waals surface area contributed by atoms with Gasteiger partial charge in [0.1, 0.15) is 5.82 Å². The first-order valence-electron chi connectivity index (χ1n) is 7.58. The van der Waals surface area contributed by atoms with Crippen molar-refractivity contribution in [1.29, 1.82) is 0 Å². The molecule has 0 unspecified atom stereocenters. The zero-order valence-electron chi connectivity index (χ0n) is 13.8. The minimum absolute atomic E-state index is 0.147. The van der Waals surface area contributed by atoms with E-state index in [0.717, 1.165) is 16.7 Å². The summed E-state index contributed by atoms with van der Waals surface area (Å²) in [5.74, 6) is 0.576. The van der Waals surface area contributed by atoms with Crippen molar-refractivity contribution in [2.45, 2.75) is 27.7 Å². The van der Waals surface area contributed by atoms with Crippen LogP contribution in [0.25, 0.3) is 10.9 Å². The van der Waals surface area contributed by atoms with Crippen LogP contribution in [-0.2, 0) is 0 Å². The predicted octanol–water partition coefficient (Wildman–Crippen LogP) is 3.51. The number of hydrogen-bond acceptors (Lipinski definition) is 3. The molecule has 0 saturated heterocycles. The fourth-order valence-corrected chi connectivity index (χ4v) is 2.88. The second-order valence-corrected chi connectivity index (χ2v) is 5.85. The van der Waals surface area contributed by atoms with Crippen molar-refractivity contribution < 1.29 is 0 Å². The SMILES string of the molecule is Cc1cc(C)c(C=Nn2c(C)nc3ccccc3c2=O)c(C)c1. The number of rotatable bonds is 2. The molecule has 0 N–H and O–H groups in total. The number of aryl methyl sites for hydroxylation is 4. The van der Waals surface area contributed by atoms with Gasteiger partial charge >= 0.3 is 0 Å². The highest BCUT2D eigenvalue weighted by Gasteiger charge is 2.07. The molecule has 0 bridgehead atoms. The molecule has 4 heteroatoms. The lowest BCUT2D eigenvalue weighted by Crippen LogP contribution is -2.20. The van der Waals surface area contributed by atoms with Gasteiger partial charge in [-0.2, -0.15) is 9.78 Å². The zero-order chi connectivity index (χ0) is 16.6. The molecule has 116 valence electrons. The van der Waals surface area contributed by atoms with Gasteiger partial charge in [0.05, 0.1) is 17.1 Å². The van der Waals surface area contributed by atoms with Gasteiger partial charge in [0, 0.05) is 5.56 Å².